The zero-order chi connectivity index (χ0) is 9.00. The SMILES string of the molecule is N#CC1C(=O)CC2C3C=CC(C3)C12. The average molecular weight is 173 g/mol. The van der Waals surface area contributed by atoms with E-state index < -0.39 is 0 Å². The molecule has 0 aromatic carbocycles. The van der Waals surface area contributed by atoms with Crippen LogP contribution in [0.25, 0.3) is 0 Å². The summed E-state index contributed by atoms with van der Waals surface area (Å²) in [5.74, 6) is 1.92. The van der Waals surface area contributed by atoms with Crippen LogP contribution in [0.5, 0.6) is 0 Å². The fourth-order valence-corrected chi connectivity index (χ4v) is 3.48. The van der Waals surface area contributed by atoms with Crippen LogP contribution in [0.4, 0.5) is 0 Å². The number of hydrogen-bond acceptors (Lipinski definition) is 2. The van der Waals surface area contributed by atoms with Crippen LogP contribution in [-0.4, -0.2) is 5.78 Å². The molecule has 2 saturated carbocycles. The van der Waals surface area contributed by atoms with Crippen molar-refractivity contribution in [2.24, 2.45) is 29.6 Å². The van der Waals surface area contributed by atoms with Gasteiger partial charge in [-0.15, -0.1) is 0 Å². The summed E-state index contributed by atoms with van der Waals surface area (Å²) < 4.78 is 0. The summed E-state index contributed by atoms with van der Waals surface area (Å²) in [4.78, 5) is 11.5. The number of nitriles is 1. The third kappa shape index (κ3) is 0.751. The molecule has 3 rings (SSSR count). The van der Waals surface area contributed by atoms with Gasteiger partial charge in [0.1, 0.15) is 5.92 Å². The number of nitrogens with zero attached hydrogens (tertiary/aromatic N) is 1. The van der Waals surface area contributed by atoms with Crippen molar-refractivity contribution in [3.8, 4) is 6.07 Å². The molecule has 5 atom stereocenters. The number of hydrogen-bond donors (Lipinski definition) is 0. The maximum atomic E-state index is 11.5. The smallest absolute Gasteiger partial charge is 0.150 e. The molecule has 3 aliphatic rings. The van der Waals surface area contributed by atoms with Crippen molar-refractivity contribution < 1.29 is 4.79 Å². The Morgan fingerprint density at radius 3 is 2.92 bits per heavy atom. The van der Waals surface area contributed by atoms with E-state index in [1.807, 2.05) is 0 Å². The minimum Gasteiger partial charge on any atom is -0.298 e. The highest BCUT2D eigenvalue weighted by Gasteiger charge is 2.54. The molecule has 2 fully saturated rings. The predicted octanol–water partition coefficient (Wildman–Crippen LogP) is 1.54. The van der Waals surface area contributed by atoms with Crippen LogP contribution >= 0.6 is 0 Å². The molecule has 0 aromatic heterocycles. The van der Waals surface area contributed by atoms with Gasteiger partial charge in [-0.2, -0.15) is 5.26 Å². The Morgan fingerprint density at radius 2 is 2.15 bits per heavy atom. The fraction of sp³-hybridized carbons (Fsp3) is 0.636. The van der Waals surface area contributed by atoms with Crippen LogP contribution in [0, 0.1) is 40.9 Å². The van der Waals surface area contributed by atoms with E-state index in [4.69, 9.17) is 5.26 Å². The summed E-state index contributed by atoms with van der Waals surface area (Å²) in [6.07, 6.45) is 6.32. The second-order valence-corrected chi connectivity index (χ2v) is 4.47. The first-order valence-electron chi connectivity index (χ1n) is 4.92. The molecule has 0 amide bonds. The average Bonchev–Trinajstić information content (AvgIpc) is 2.72. The first-order valence-corrected chi connectivity index (χ1v) is 4.92. The third-order valence-electron chi connectivity index (χ3n) is 4.00. The number of carbonyl (C=O) groups is 1. The van der Waals surface area contributed by atoms with Crippen molar-refractivity contribution in [1.82, 2.24) is 0 Å². The number of allylic oxidation sites excluding steroid dienone is 2. The van der Waals surface area contributed by atoms with E-state index in [0.29, 0.717) is 30.1 Å². The minimum atomic E-state index is -0.287. The molecule has 2 bridgehead atoms. The van der Waals surface area contributed by atoms with Crippen molar-refractivity contribution in [2.45, 2.75) is 12.8 Å². The Labute approximate surface area is 77.2 Å². The standard InChI is InChI=1S/C11H11NO/c12-5-9-10(13)4-8-6-1-2-7(3-6)11(8)9/h1-2,6-9,11H,3-4H2. The van der Waals surface area contributed by atoms with Crippen molar-refractivity contribution in [1.29, 1.82) is 5.26 Å². The van der Waals surface area contributed by atoms with Gasteiger partial charge < -0.3 is 0 Å². The van der Waals surface area contributed by atoms with Crippen LogP contribution in [0.15, 0.2) is 12.2 Å². The lowest BCUT2D eigenvalue weighted by molar-refractivity contribution is -0.120. The Kier molecular flexibility index (Phi) is 1.25. The van der Waals surface area contributed by atoms with Crippen LogP contribution in [0.2, 0.25) is 0 Å². The quantitative estimate of drug-likeness (QED) is 0.521. The van der Waals surface area contributed by atoms with Crippen molar-refractivity contribution in [3.05, 3.63) is 12.2 Å². The number of carbonyl (C=O) groups excluding carboxylic acids is 1. The zero-order valence-electron chi connectivity index (χ0n) is 7.31. The summed E-state index contributed by atoms with van der Waals surface area (Å²) in [5.41, 5.74) is 0. The van der Waals surface area contributed by atoms with E-state index in [2.05, 4.69) is 18.2 Å². The van der Waals surface area contributed by atoms with E-state index in [1.165, 1.54) is 6.42 Å². The first-order chi connectivity index (χ1) is 6.31. The molecule has 0 N–H and O–H groups in total. The lowest BCUT2D eigenvalue weighted by Crippen LogP contribution is -2.20. The largest absolute Gasteiger partial charge is 0.298 e. The Morgan fingerprint density at radius 1 is 1.38 bits per heavy atom. The van der Waals surface area contributed by atoms with Gasteiger partial charge in [-0.05, 0) is 30.1 Å². The molecule has 0 saturated heterocycles. The normalized spacial score (nSPS) is 51.0. The van der Waals surface area contributed by atoms with Gasteiger partial charge in [0.2, 0.25) is 0 Å². The second kappa shape index (κ2) is 2.23. The van der Waals surface area contributed by atoms with Gasteiger partial charge in [0, 0.05) is 6.42 Å². The molecule has 2 heteroatoms. The van der Waals surface area contributed by atoms with Gasteiger partial charge >= 0.3 is 0 Å². The van der Waals surface area contributed by atoms with Gasteiger partial charge in [0.15, 0.2) is 5.78 Å². The first kappa shape index (κ1) is 7.32. The lowest BCUT2D eigenvalue weighted by atomic mass is 9.82. The summed E-state index contributed by atoms with van der Waals surface area (Å²) in [7, 11) is 0. The fourth-order valence-electron chi connectivity index (χ4n) is 3.48. The van der Waals surface area contributed by atoms with Gasteiger partial charge in [0.05, 0.1) is 6.07 Å². The highest BCUT2D eigenvalue weighted by molar-refractivity contribution is 5.86. The molecular formula is C11H11NO. The maximum Gasteiger partial charge on any atom is 0.150 e. The van der Waals surface area contributed by atoms with E-state index in [9.17, 15) is 4.79 Å². The Bertz CT molecular complexity index is 338. The van der Waals surface area contributed by atoms with Gasteiger partial charge in [-0.3, -0.25) is 4.79 Å². The van der Waals surface area contributed by atoms with Crippen molar-refractivity contribution >= 4 is 5.78 Å². The molecule has 0 aliphatic heterocycles. The molecule has 0 radical (unpaired) electrons. The molecule has 0 heterocycles. The maximum absolute atomic E-state index is 11.5. The lowest BCUT2D eigenvalue weighted by Gasteiger charge is -2.20. The summed E-state index contributed by atoms with van der Waals surface area (Å²) >= 11 is 0. The van der Waals surface area contributed by atoms with E-state index >= 15 is 0 Å². The molecule has 0 spiro atoms. The van der Waals surface area contributed by atoms with Gasteiger partial charge in [0.25, 0.3) is 0 Å². The Balaban J connectivity index is 2.00. The number of fused-ring (bicyclic) bond motifs is 5. The second-order valence-electron chi connectivity index (χ2n) is 4.47. The topological polar surface area (TPSA) is 40.9 Å². The molecule has 13 heavy (non-hydrogen) atoms. The minimum absolute atomic E-state index is 0.191. The van der Waals surface area contributed by atoms with Crippen LogP contribution in [-0.2, 0) is 4.79 Å². The highest BCUT2D eigenvalue weighted by atomic mass is 16.1. The van der Waals surface area contributed by atoms with Crippen molar-refractivity contribution in [2.75, 3.05) is 0 Å². The number of rotatable bonds is 0. The molecule has 0 aromatic rings. The number of ketones is 1. The van der Waals surface area contributed by atoms with Gasteiger partial charge in [-0.25, -0.2) is 0 Å². The van der Waals surface area contributed by atoms with Crippen LogP contribution < -0.4 is 0 Å². The van der Waals surface area contributed by atoms with E-state index in [-0.39, 0.29) is 11.7 Å². The molecule has 5 unspecified atom stereocenters. The van der Waals surface area contributed by atoms with E-state index in [0.717, 1.165) is 0 Å². The molecule has 66 valence electrons. The summed E-state index contributed by atoms with van der Waals surface area (Å²) in [5, 5.41) is 8.92. The van der Waals surface area contributed by atoms with Crippen LogP contribution in [0.3, 0.4) is 0 Å². The molecule has 3 aliphatic carbocycles. The van der Waals surface area contributed by atoms with E-state index in [1.54, 1.807) is 0 Å². The number of Topliss-reactive ketones (excluding diaryl/α,β-unsaturated/α-hetero) is 1. The third-order valence-corrected chi connectivity index (χ3v) is 4.00. The molecular weight excluding hydrogens is 162 g/mol. The Hall–Kier alpha value is -1.10. The van der Waals surface area contributed by atoms with Crippen LogP contribution in [0.1, 0.15) is 12.8 Å². The summed E-state index contributed by atoms with van der Waals surface area (Å²) in [6, 6.07) is 2.19. The van der Waals surface area contributed by atoms with Crippen molar-refractivity contribution in [3.63, 3.8) is 0 Å². The summed E-state index contributed by atoms with van der Waals surface area (Å²) in [6.45, 7) is 0. The van der Waals surface area contributed by atoms with Gasteiger partial charge in [-0.1, -0.05) is 12.2 Å². The monoisotopic (exact) mass is 173 g/mol. The zero-order valence-corrected chi connectivity index (χ0v) is 7.31. The highest BCUT2D eigenvalue weighted by Crippen LogP contribution is 2.56. The molecule has 2 nitrogen and oxygen atoms in total. The predicted molar refractivity (Wildman–Crippen MR) is 46.4 cm³/mol.